The van der Waals surface area contributed by atoms with Gasteiger partial charge in [0.25, 0.3) is 0 Å². The van der Waals surface area contributed by atoms with Crippen LogP contribution in [-0.2, 0) is 0 Å². The molecule has 0 aliphatic heterocycles. The summed E-state index contributed by atoms with van der Waals surface area (Å²) in [6, 6.07) is 4.53. The highest BCUT2D eigenvalue weighted by atomic mass is 35.5. The summed E-state index contributed by atoms with van der Waals surface area (Å²) in [5.41, 5.74) is 0. The van der Waals surface area contributed by atoms with Crippen LogP contribution in [0.4, 0.5) is 0 Å². The van der Waals surface area contributed by atoms with Gasteiger partial charge in [0.2, 0.25) is 0 Å². The fourth-order valence-corrected chi connectivity index (χ4v) is 3.10. The van der Waals surface area contributed by atoms with Crippen molar-refractivity contribution in [3.63, 3.8) is 0 Å². The standard InChI is InChI=1S/C15H26ClNS/c1-12(2)8-6-4-5-7-11-17-13(3)14-9-10-15(16)18-14/h9-10,12-13,17H,4-8,11H2,1-3H3. The van der Waals surface area contributed by atoms with Gasteiger partial charge in [-0.25, -0.2) is 0 Å². The molecule has 1 N–H and O–H groups in total. The second kappa shape index (κ2) is 8.95. The van der Waals surface area contributed by atoms with Gasteiger partial charge in [-0.1, -0.05) is 51.1 Å². The largest absolute Gasteiger partial charge is 0.309 e. The van der Waals surface area contributed by atoms with Crippen molar-refractivity contribution in [3.8, 4) is 0 Å². The van der Waals surface area contributed by atoms with Crippen LogP contribution in [0.25, 0.3) is 0 Å². The highest BCUT2D eigenvalue weighted by Gasteiger charge is 2.06. The molecule has 0 aliphatic rings. The quantitative estimate of drug-likeness (QED) is 0.578. The molecule has 1 aromatic heterocycles. The molecule has 104 valence electrons. The summed E-state index contributed by atoms with van der Waals surface area (Å²) in [6.45, 7) is 7.92. The predicted octanol–water partition coefficient (Wildman–Crippen LogP) is 5.66. The van der Waals surface area contributed by atoms with Gasteiger partial charge in [0, 0.05) is 10.9 Å². The van der Waals surface area contributed by atoms with Gasteiger partial charge in [-0.2, -0.15) is 0 Å². The molecule has 0 spiro atoms. The summed E-state index contributed by atoms with van der Waals surface area (Å²) < 4.78 is 0.882. The van der Waals surface area contributed by atoms with Gasteiger partial charge in [0.1, 0.15) is 0 Å². The highest BCUT2D eigenvalue weighted by molar-refractivity contribution is 7.16. The number of nitrogens with one attached hydrogen (secondary N) is 1. The van der Waals surface area contributed by atoms with Gasteiger partial charge in [0.15, 0.2) is 0 Å². The molecule has 0 amide bonds. The molecule has 0 bridgehead atoms. The van der Waals surface area contributed by atoms with E-state index in [0.29, 0.717) is 6.04 Å². The first-order valence-electron chi connectivity index (χ1n) is 7.08. The minimum atomic E-state index is 0.429. The van der Waals surface area contributed by atoms with Crippen LogP contribution in [0.1, 0.15) is 63.8 Å². The lowest BCUT2D eigenvalue weighted by Gasteiger charge is -2.11. The van der Waals surface area contributed by atoms with E-state index in [9.17, 15) is 0 Å². The lowest BCUT2D eigenvalue weighted by atomic mass is 10.0. The number of hydrogen-bond donors (Lipinski definition) is 1. The minimum Gasteiger partial charge on any atom is -0.309 e. The number of unbranched alkanes of at least 4 members (excludes halogenated alkanes) is 3. The first kappa shape index (κ1) is 16.0. The normalized spacial score (nSPS) is 13.2. The van der Waals surface area contributed by atoms with Crippen LogP contribution in [0.3, 0.4) is 0 Å². The Hall–Kier alpha value is -0.0500. The second-order valence-corrected chi connectivity index (χ2v) is 7.16. The van der Waals surface area contributed by atoms with Crippen molar-refractivity contribution >= 4 is 22.9 Å². The summed E-state index contributed by atoms with van der Waals surface area (Å²) in [6.07, 6.45) is 6.75. The van der Waals surface area contributed by atoms with E-state index < -0.39 is 0 Å². The number of rotatable bonds is 9. The van der Waals surface area contributed by atoms with Crippen LogP contribution in [0.15, 0.2) is 12.1 Å². The molecule has 1 unspecified atom stereocenters. The maximum Gasteiger partial charge on any atom is 0.0931 e. The molecule has 1 rings (SSSR count). The fraction of sp³-hybridized carbons (Fsp3) is 0.733. The van der Waals surface area contributed by atoms with E-state index in [-0.39, 0.29) is 0 Å². The molecule has 3 heteroatoms. The monoisotopic (exact) mass is 287 g/mol. The third kappa shape index (κ3) is 6.77. The maximum absolute atomic E-state index is 5.94. The van der Waals surface area contributed by atoms with E-state index in [2.05, 4.69) is 32.2 Å². The Morgan fingerprint density at radius 1 is 1.11 bits per heavy atom. The average molecular weight is 288 g/mol. The van der Waals surface area contributed by atoms with Gasteiger partial charge in [-0.15, -0.1) is 11.3 Å². The van der Waals surface area contributed by atoms with Crippen LogP contribution in [0, 0.1) is 5.92 Å². The maximum atomic E-state index is 5.94. The fourth-order valence-electron chi connectivity index (χ4n) is 2.01. The second-order valence-electron chi connectivity index (χ2n) is 5.41. The van der Waals surface area contributed by atoms with Crippen molar-refractivity contribution in [2.45, 2.75) is 58.9 Å². The summed E-state index contributed by atoms with van der Waals surface area (Å²) in [7, 11) is 0. The Bertz CT molecular complexity index is 322. The summed E-state index contributed by atoms with van der Waals surface area (Å²) in [5.74, 6) is 0.853. The summed E-state index contributed by atoms with van der Waals surface area (Å²) >= 11 is 7.61. The van der Waals surface area contributed by atoms with E-state index >= 15 is 0 Å². The molecular weight excluding hydrogens is 262 g/mol. The first-order chi connectivity index (χ1) is 8.59. The SMILES string of the molecule is CC(C)CCCCCCNC(C)c1ccc(Cl)s1. The summed E-state index contributed by atoms with van der Waals surface area (Å²) in [5, 5.41) is 3.56. The van der Waals surface area contributed by atoms with Crippen LogP contribution in [-0.4, -0.2) is 6.54 Å². The van der Waals surface area contributed by atoms with Crippen LogP contribution in [0.2, 0.25) is 4.34 Å². The van der Waals surface area contributed by atoms with E-state index in [1.165, 1.54) is 37.0 Å². The lowest BCUT2D eigenvalue weighted by molar-refractivity contribution is 0.500. The van der Waals surface area contributed by atoms with Crippen molar-refractivity contribution in [2.75, 3.05) is 6.54 Å². The van der Waals surface area contributed by atoms with Crippen molar-refractivity contribution < 1.29 is 0 Å². The van der Waals surface area contributed by atoms with Crippen LogP contribution in [0.5, 0.6) is 0 Å². The molecule has 0 fully saturated rings. The zero-order valence-electron chi connectivity index (χ0n) is 11.8. The molecule has 0 saturated heterocycles. The highest BCUT2D eigenvalue weighted by Crippen LogP contribution is 2.26. The Labute approximate surface area is 121 Å². The molecule has 1 heterocycles. The number of halogens is 1. The van der Waals surface area contributed by atoms with Gasteiger partial charge in [-0.05, 0) is 37.9 Å². The Kier molecular flexibility index (Phi) is 7.96. The van der Waals surface area contributed by atoms with E-state index in [1.807, 2.05) is 6.07 Å². The zero-order valence-corrected chi connectivity index (χ0v) is 13.4. The minimum absolute atomic E-state index is 0.429. The van der Waals surface area contributed by atoms with Crippen molar-refractivity contribution in [1.29, 1.82) is 0 Å². The van der Waals surface area contributed by atoms with Crippen molar-refractivity contribution in [2.24, 2.45) is 5.92 Å². The molecule has 0 saturated carbocycles. The molecule has 0 aromatic carbocycles. The average Bonchev–Trinajstić information content (AvgIpc) is 2.74. The lowest BCUT2D eigenvalue weighted by Crippen LogP contribution is -2.18. The van der Waals surface area contributed by atoms with Crippen LogP contribution < -0.4 is 5.32 Å². The topological polar surface area (TPSA) is 12.0 Å². The molecule has 1 nitrogen and oxygen atoms in total. The smallest absolute Gasteiger partial charge is 0.0931 e. The first-order valence-corrected chi connectivity index (χ1v) is 8.27. The van der Waals surface area contributed by atoms with Gasteiger partial charge < -0.3 is 5.32 Å². The van der Waals surface area contributed by atoms with E-state index in [1.54, 1.807) is 11.3 Å². The Morgan fingerprint density at radius 3 is 2.44 bits per heavy atom. The summed E-state index contributed by atoms with van der Waals surface area (Å²) in [4.78, 5) is 1.33. The number of thiophene rings is 1. The van der Waals surface area contributed by atoms with Gasteiger partial charge in [-0.3, -0.25) is 0 Å². The molecular formula is C15H26ClNS. The Morgan fingerprint density at radius 2 is 1.83 bits per heavy atom. The third-order valence-electron chi connectivity index (χ3n) is 3.18. The third-order valence-corrected chi connectivity index (χ3v) is 4.59. The van der Waals surface area contributed by atoms with Crippen LogP contribution >= 0.6 is 22.9 Å². The molecule has 1 atom stereocenters. The van der Waals surface area contributed by atoms with Gasteiger partial charge >= 0.3 is 0 Å². The van der Waals surface area contributed by atoms with Crippen molar-refractivity contribution in [1.82, 2.24) is 5.32 Å². The zero-order chi connectivity index (χ0) is 13.4. The number of hydrogen-bond acceptors (Lipinski definition) is 2. The molecule has 0 radical (unpaired) electrons. The predicted molar refractivity (Wildman–Crippen MR) is 83.7 cm³/mol. The molecule has 1 aromatic rings. The molecule has 0 aliphatic carbocycles. The Balaban J connectivity index is 2.01. The van der Waals surface area contributed by atoms with E-state index in [4.69, 9.17) is 11.6 Å². The molecule has 18 heavy (non-hydrogen) atoms. The van der Waals surface area contributed by atoms with Gasteiger partial charge in [0.05, 0.1) is 4.34 Å². The van der Waals surface area contributed by atoms with E-state index in [0.717, 1.165) is 16.8 Å². The van der Waals surface area contributed by atoms with Crippen molar-refractivity contribution in [3.05, 3.63) is 21.3 Å².